The SMILES string of the molecule is CCC(O)CC(=O)SCCNC(=O)CCNC(=O)C(O)C(C)(C)COP(=O)(O)OP(=O)(O)OCC1OC(C)(n2cnc3c(N)ncnc32)C(O)C1OP(=O)(O)O. The summed E-state index contributed by atoms with van der Waals surface area (Å²) < 4.78 is 62.6. The maximum absolute atomic E-state index is 12.7. The average molecular weight is 882 g/mol. The molecule has 3 heterocycles. The van der Waals surface area contributed by atoms with E-state index >= 15 is 0 Å². The molecule has 3 rings (SSSR count). The van der Waals surface area contributed by atoms with Crippen LogP contribution in [0, 0.1) is 5.41 Å². The molecule has 0 aromatic carbocycles. The molecule has 56 heavy (non-hydrogen) atoms. The van der Waals surface area contributed by atoms with E-state index in [-0.39, 0.29) is 53.8 Å². The first-order valence-corrected chi connectivity index (χ1v) is 22.1. The molecule has 0 aliphatic carbocycles. The van der Waals surface area contributed by atoms with Gasteiger partial charge < -0.3 is 56.0 Å². The number of thioether (sulfide) groups is 1. The Balaban J connectivity index is 1.52. The van der Waals surface area contributed by atoms with Gasteiger partial charge >= 0.3 is 23.5 Å². The highest BCUT2D eigenvalue weighted by Gasteiger charge is 2.57. The van der Waals surface area contributed by atoms with Crippen LogP contribution in [0.3, 0.4) is 0 Å². The van der Waals surface area contributed by atoms with Crippen molar-refractivity contribution in [1.29, 1.82) is 0 Å². The predicted molar refractivity (Wildman–Crippen MR) is 193 cm³/mol. The number of nitrogens with zero attached hydrogens (tertiary/aromatic N) is 4. The molecule has 1 fully saturated rings. The van der Waals surface area contributed by atoms with Crippen molar-refractivity contribution in [2.24, 2.45) is 5.41 Å². The maximum Gasteiger partial charge on any atom is 0.481 e. The fourth-order valence-electron chi connectivity index (χ4n) is 5.00. The molecule has 0 saturated carbocycles. The van der Waals surface area contributed by atoms with Crippen molar-refractivity contribution in [3.8, 4) is 0 Å². The van der Waals surface area contributed by atoms with Gasteiger partial charge in [-0.3, -0.25) is 32.5 Å². The highest BCUT2D eigenvalue weighted by molar-refractivity contribution is 8.13. The van der Waals surface area contributed by atoms with Gasteiger partial charge in [-0.1, -0.05) is 32.5 Å². The van der Waals surface area contributed by atoms with Crippen molar-refractivity contribution in [1.82, 2.24) is 30.2 Å². The third kappa shape index (κ3) is 13.5. The number of imidazole rings is 1. The van der Waals surface area contributed by atoms with E-state index in [0.29, 0.717) is 6.42 Å². The number of anilines is 1. The molecule has 1 aliphatic rings. The van der Waals surface area contributed by atoms with E-state index in [4.69, 9.17) is 24.0 Å². The Morgan fingerprint density at radius 1 is 1.07 bits per heavy atom. The largest absolute Gasteiger partial charge is 0.481 e. The molecule has 0 bridgehead atoms. The third-order valence-corrected chi connectivity index (χ3v) is 12.1. The quantitative estimate of drug-likeness (QED) is 0.0501. The molecule has 0 spiro atoms. The number of amides is 2. The van der Waals surface area contributed by atoms with Crippen LogP contribution >= 0.6 is 35.2 Å². The van der Waals surface area contributed by atoms with Gasteiger partial charge in [-0.25, -0.2) is 28.6 Å². The molecular weight excluding hydrogens is 835 g/mol. The van der Waals surface area contributed by atoms with Crippen LogP contribution in [0.2, 0.25) is 0 Å². The van der Waals surface area contributed by atoms with Gasteiger partial charge in [-0.2, -0.15) is 4.31 Å². The number of hydrogen-bond donors (Lipinski definition) is 10. The summed E-state index contributed by atoms with van der Waals surface area (Å²) in [6.07, 6.45) is -5.86. The predicted octanol–water partition coefficient (Wildman–Crippen LogP) is -1.00. The van der Waals surface area contributed by atoms with E-state index in [1.807, 2.05) is 0 Å². The van der Waals surface area contributed by atoms with Crippen LogP contribution in [-0.2, 0) is 56.4 Å². The highest BCUT2D eigenvalue weighted by atomic mass is 32.2. The van der Waals surface area contributed by atoms with Gasteiger partial charge in [0, 0.05) is 37.1 Å². The molecule has 29 heteroatoms. The molecule has 8 atom stereocenters. The number of carbonyl (C=O) groups is 3. The van der Waals surface area contributed by atoms with Crippen LogP contribution in [0.15, 0.2) is 12.7 Å². The summed E-state index contributed by atoms with van der Waals surface area (Å²) >= 11 is 0.954. The Morgan fingerprint density at radius 2 is 1.73 bits per heavy atom. The minimum absolute atomic E-state index is 0.00369. The summed E-state index contributed by atoms with van der Waals surface area (Å²) in [6.45, 7) is 3.33. The molecular formula is C27H46N7O18P3S. The van der Waals surface area contributed by atoms with Gasteiger partial charge in [0.15, 0.2) is 22.3 Å². The Kier molecular flexibility index (Phi) is 16.7. The smallest absolute Gasteiger partial charge is 0.393 e. The number of carbonyl (C=O) groups excluding carboxylic acids is 3. The zero-order valence-electron chi connectivity index (χ0n) is 30.4. The summed E-state index contributed by atoms with van der Waals surface area (Å²) in [6, 6.07) is 0. The van der Waals surface area contributed by atoms with Crippen LogP contribution in [-0.4, -0.2) is 134 Å². The summed E-state index contributed by atoms with van der Waals surface area (Å²) in [5.74, 6) is -1.25. The van der Waals surface area contributed by atoms with E-state index in [2.05, 4.69) is 29.9 Å². The second-order valence-corrected chi connectivity index (χ2v) is 18.5. The number of nitrogens with two attached hydrogens (primary N) is 1. The van der Waals surface area contributed by atoms with Crippen LogP contribution in [0.25, 0.3) is 11.2 Å². The van der Waals surface area contributed by atoms with E-state index < -0.39 is 90.2 Å². The maximum atomic E-state index is 12.7. The molecule has 2 amide bonds. The standard InChI is InChI=1S/C27H46N7O18P3S/c1-5-15(35)10-18(37)56-9-8-29-17(36)6-7-30-25(40)22(39)26(2,3)12-49-55(46,47)52-54(44,45)48-11-16-20(51-53(41,42)43)21(38)27(4,50-16)34-14-33-19-23(28)31-13-32-24(19)34/h13-16,20-22,35,38-39H,5-12H2,1-4H3,(H,29,36)(H,30,40)(H,44,45)(H,46,47)(H2,28,31,32)(H2,41,42,43). The zero-order chi connectivity index (χ0) is 42.3. The molecule has 11 N–H and O–H groups in total. The van der Waals surface area contributed by atoms with Crippen molar-refractivity contribution >= 4 is 69.1 Å². The van der Waals surface area contributed by atoms with Crippen molar-refractivity contribution in [2.45, 2.75) is 83.2 Å². The number of nitrogens with one attached hydrogen (secondary N) is 2. The Morgan fingerprint density at radius 3 is 2.38 bits per heavy atom. The van der Waals surface area contributed by atoms with Gasteiger partial charge in [0.1, 0.15) is 36.3 Å². The number of nitrogen functional groups attached to an aromatic ring is 1. The lowest BCUT2D eigenvalue weighted by Crippen LogP contribution is -2.46. The van der Waals surface area contributed by atoms with Gasteiger partial charge in [0.2, 0.25) is 11.8 Å². The summed E-state index contributed by atoms with van der Waals surface area (Å²) in [5.41, 5.74) is 2.27. The van der Waals surface area contributed by atoms with E-state index in [0.717, 1.165) is 29.0 Å². The normalized spacial score (nSPS) is 23.6. The molecule has 2 aromatic heterocycles. The van der Waals surface area contributed by atoms with Gasteiger partial charge in [-0.05, 0) is 13.3 Å². The molecule has 0 radical (unpaired) electrons. The lowest BCUT2D eigenvalue weighted by Gasteiger charge is -2.30. The van der Waals surface area contributed by atoms with Crippen LogP contribution < -0.4 is 16.4 Å². The van der Waals surface area contributed by atoms with Crippen LogP contribution in [0.4, 0.5) is 5.82 Å². The molecule has 1 aliphatic heterocycles. The number of phosphoric ester groups is 3. The fraction of sp³-hybridized carbons (Fsp3) is 0.704. The second-order valence-electron chi connectivity index (χ2n) is 13.1. The number of phosphoric acid groups is 3. The van der Waals surface area contributed by atoms with Crippen molar-refractivity contribution in [3.63, 3.8) is 0 Å². The number of ether oxygens (including phenoxy) is 1. The number of aromatic nitrogens is 4. The topological polar surface area (TPSA) is 384 Å². The summed E-state index contributed by atoms with van der Waals surface area (Å²) in [4.78, 5) is 87.6. The number of fused-ring (bicyclic) bond motifs is 1. The number of rotatable bonds is 22. The van der Waals surface area contributed by atoms with Crippen molar-refractivity contribution < 1.29 is 85.6 Å². The first-order valence-electron chi connectivity index (χ1n) is 16.6. The van der Waals surface area contributed by atoms with E-state index in [9.17, 15) is 63.0 Å². The van der Waals surface area contributed by atoms with Gasteiger partial charge in [0.05, 0.1) is 25.6 Å². The lowest BCUT2D eigenvalue weighted by molar-refractivity contribution is -0.137. The van der Waals surface area contributed by atoms with Gasteiger partial charge in [-0.15, -0.1) is 0 Å². The van der Waals surface area contributed by atoms with Crippen LogP contribution in [0.1, 0.15) is 47.0 Å². The van der Waals surface area contributed by atoms with Crippen molar-refractivity contribution in [3.05, 3.63) is 12.7 Å². The Labute approximate surface area is 323 Å². The fourth-order valence-corrected chi connectivity index (χ4v) is 8.57. The zero-order valence-corrected chi connectivity index (χ0v) is 33.9. The average Bonchev–Trinajstić information content (AvgIpc) is 3.64. The third-order valence-electron chi connectivity index (χ3n) is 8.12. The first-order chi connectivity index (χ1) is 25.8. The van der Waals surface area contributed by atoms with Crippen molar-refractivity contribution in [2.75, 3.05) is 37.8 Å². The summed E-state index contributed by atoms with van der Waals surface area (Å²) in [7, 11) is -16.5. The molecule has 25 nitrogen and oxygen atoms in total. The Bertz CT molecular complexity index is 1850. The number of aliphatic hydroxyl groups is 3. The lowest BCUT2D eigenvalue weighted by atomic mass is 9.87. The summed E-state index contributed by atoms with van der Waals surface area (Å²) in [5, 5.41) is 35.8. The highest BCUT2D eigenvalue weighted by Crippen LogP contribution is 2.61. The van der Waals surface area contributed by atoms with E-state index in [1.165, 1.54) is 20.8 Å². The monoisotopic (exact) mass is 881 g/mol. The molecule has 318 valence electrons. The second kappa shape index (κ2) is 19.5. The molecule has 1 saturated heterocycles. The minimum atomic E-state index is -5.60. The molecule has 2 aromatic rings. The molecule has 8 unspecified atom stereocenters. The minimum Gasteiger partial charge on any atom is -0.393 e. The Hall–Kier alpha value is -2.48. The number of aliphatic hydroxyl groups excluding tert-OH is 3. The number of hydrogen-bond acceptors (Lipinski definition) is 19. The first kappa shape index (κ1) is 47.9. The van der Waals surface area contributed by atoms with Crippen LogP contribution in [0.5, 0.6) is 0 Å². The van der Waals surface area contributed by atoms with E-state index in [1.54, 1.807) is 6.92 Å². The van der Waals surface area contributed by atoms with Gasteiger partial charge in [0.25, 0.3) is 0 Å².